The van der Waals surface area contributed by atoms with E-state index in [2.05, 4.69) is 19.9 Å². The van der Waals surface area contributed by atoms with Gasteiger partial charge in [-0.2, -0.15) is 0 Å². The first-order chi connectivity index (χ1) is 11.5. The van der Waals surface area contributed by atoms with Crippen molar-refractivity contribution in [2.75, 3.05) is 6.61 Å². The number of cyclic esters (lactones) is 1. The second-order valence-corrected chi connectivity index (χ2v) is 8.18. The van der Waals surface area contributed by atoms with E-state index in [1.54, 1.807) is 12.5 Å². The Hall–Kier alpha value is -1.55. The van der Waals surface area contributed by atoms with E-state index in [9.17, 15) is 9.90 Å². The molecule has 5 unspecified atom stereocenters. The number of rotatable bonds is 3. The lowest BCUT2D eigenvalue weighted by Crippen LogP contribution is -2.56. The maximum absolute atomic E-state index is 12.2. The summed E-state index contributed by atoms with van der Waals surface area (Å²) in [6, 6.07) is 2.01. The van der Waals surface area contributed by atoms with Crippen molar-refractivity contribution in [1.29, 1.82) is 0 Å². The van der Waals surface area contributed by atoms with Crippen LogP contribution < -0.4 is 0 Å². The lowest BCUT2D eigenvalue weighted by atomic mass is 9.46. The fourth-order valence-corrected chi connectivity index (χ4v) is 5.63. The fraction of sp³-hybridized carbons (Fsp3) is 0.650. The summed E-state index contributed by atoms with van der Waals surface area (Å²) in [7, 11) is 0. The summed E-state index contributed by atoms with van der Waals surface area (Å²) in [4.78, 5) is 12.2. The number of aliphatic hydroxyl groups is 1. The number of hydrogen-bond acceptors (Lipinski definition) is 4. The highest BCUT2D eigenvalue weighted by Crippen LogP contribution is 2.63. The second kappa shape index (κ2) is 5.48. The lowest BCUT2D eigenvalue weighted by Gasteiger charge is -2.58. The van der Waals surface area contributed by atoms with Gasteiger partial charge in [0.25, 0.3) is 0 Å². The first kappa shape index (κ1) is 15.9. The number of esters is 1. The first-order valence-corrected chi connectivity index (χ1v) is 9.04. The zero-order valence-corrected chi connectivity index (χ0v) is 14.5. The Morgan fingerprint density at radius 2 is 2.25 bits per heavy atom. The average molecular weight is 330 g/mol. The SMILES string of the molecule is CC1C(O)CC23COC(=O)C2=CCCC3C1(C)CCc1ccoc1. The van der Waals surface area contributed by atoms with Gasteiger partial charge in [-0.15, -0.1) is 0 Å². The number of allylic oxidation sites excluding steroid dienone is 1. The van der Waals surface area contributed by atoms with Crippen LogP contribution in [0.3, 0.4) is 0 Å². The van der Waals surface area contributed by atoms with Gasteiger partial charge in [-0.1, -0.05) is 19.9 Å². The van der Waals surface area contributed by atoms with Crippen LogP contribution in [0.1, 0.15) is 45.1 Å². The number of carbonyl (C=O) groups excluding carboxylic acids is 1. The summed E-state index contributed by atoms with van der Waals surface area (Å²) in [6.07, 6.45) is 9.75. The molecule has 2 heterocycles. The number of carbonyl (C=O) groups is 1. The third-order valence-corrected chi connectivity index (χ3v) is 7.21. The van der Waals surface area contributed by atoms with Crippen LogP contribution in [0.4, 0.5) is 0 Å². The van der Waals surface area contributed by atoms with Gasteiger partial charge in [0, 0.05) is 11.0 Å². The van der Waals surface area contributed by atoms with Crippen LogP contribution in [-0.2, 0) is 16.0 Å². The molecule has 4 nitrogen and oxygen atoms in total. The molecule has 2 aliphatic carbocycles. The van der Waals surface area contributed by atoms with Crippen molar-refractivity contribution in [2.45, 2.75) is 52.1 Å². The van der Waals surface area contributed by atoms with Crippen molar-refractivity contribution >= 4 is 5.97 Å². The summed E-state index contributed by atoms with van der Waals surface area (Å²) in [6.45, 7) is 4.91. The molecule has 3 aliphatic rings. The smallest absolute Gasteiger partial charge is 0.334 e. The highest BCUT2D eigenvalue weighted by Gasteiger charge is 2.63. The van der Waals surface area contributed by atoms with Gasteiger partial charge < -0.3 is 14.3 Å². The van der Waals surface area contributed by atoms with Crippen LogP contribution in [0.5, 0.6) is 0 Å². The molecule has 1 saturated heterocycles. The minimum atomic E-state index is -0.397. The summed E-state index contributed by atoms with van der Waals surface area (Å²) in [5.74, 6) is 0.412. The molecule has 130 valence electrons. The molecule has 1 saturated carbocycles. The Morgan fingerprint density at radius 3 is 3.00 bits per heavy atom. The maximum Gasteiger partial charge on any atom is 0.334 e. The van der Waals surface area contributed by atoms with E-state index in [4.69, 9.17) is 9.15 Å². The second-order valence-electron chi connectivity index (χ2n) is 8.18. The van der Waals surface area contributed by atoms with Crippen molar-refractivity contribution < 1.29 is 19.1 Å². The van der Waals surface area contributed by atoms with Crippen molar-refractivity contribution in [3.63, 3.8) is 0 Å². The Balaban J connectivity index is 1.69. The van der Waals surface area contributed by atoms with E-state index in [1.807, 2.05) is 6.07 Å². The molecule has 1 N–H and O–H groups in total. The minimum absolute atomic E-state index is 0.0254. The normalized spacial score (nSPS) is 41.4. The van der Waals surface area contributed by atoms with Gasteiger partial charge >= 0.3 is 5.97 Å². The number of aliphatic hydroxyl groups excluding tert-OH is 1. The lowest BCUT2D eigenvalue weighted by molar-refractivity contribution is -0.138. The van der Waals surface area contributed by atoms with Crippen molar-refractivity contribution in [1.82, 2.24) is 0 Å². The van der Waals surface area contributed by atoms with E-state index in [-0.39, 0.29) is 22.7 Å². The predicted molar refractivity (Wildman–Crippen MR) is 89.1 cm³/mol. The molecule has 0 aromatic carbocycles. The number of ether oxygens (including phenoxy) is 1. The number of furan rings is 1. The van der Waals surface area contributed by atoms with Gasteiger partial charge in [-0.05, 0) is 61.0 Å². The molecule has 1 aromatic rings. The van der Waals surface area contributed by atoms with Gasteiger partial charge in [0.15, 0.2) is 0 Å². The maximum atomic E-state index is 12.2. The molecule has 1 spiro atoms. The molecule has 4 rings (SSSR count). The van der Waals surface area contributed by atoms with E-state index >= 15 is 0 Å². The summed E-state index contributed by atoms with van der Waals surface area (Å²) in [5, 5.41) is 10.8. The van der Waals surface area contributed by atoms with E-state index in [0.717, 1.165) is 31.3 Å². The topological polar surface area (TPSA) is 59.7 Å². The highest BCUT2D eigenvalue weighted by atomic mass is 16.5. The molecular formula is C20H26O4. The van der Waals surface area contributed by atoms with Crippen LogP contribution in [0.15, 0.2) is 34.7 Å². The number of aryl methyl sites for hydroxylation is 1. The Labute approximate surface area is 142 Å². The monoisotopic (exact) mass is 330 g/mol. The molecule has 0 amide bonds. The van der Waals surface area contributed by atoms with Gasteiger partial charge in [-0.3, -0.25) is 0 Å². The van der Waals surface area contributed by atoms with Gasteiger partial charge in [0.2, 0.25) is 0 Å². The fourth-order valence-electron chi connectivity index (χ4n) is 5.63. The van der Waals surface area contributed by atoms with Crippen molar-refractivity contribution in [3.05, 3.63) is 35.8 Å². The summed E-state index contributed by atoms with van der Waals surface area (Å²) in [5.41, 5.74) is 1.72. The van der Waals surface area contributed by atoms with Crippen LogP contribution in [0.25, 0.3) is 0 Å². The predicted octanol–water partition coefficient (Wildman–Crippen LogP) is 3.50. The molecule has 24 heavy (non-hydrogen) atoms. The van der Waals surface area contributed by atoms with Crippen LogP contribution in [-0.4, -0.2) is 23.8 Å². The van der Waals surface area contributed by atoms with Crippen LogP contribution in [0, 0.1) is 22.7 Å². The molecule has 2 fully saturated rings. The highest BCUT2D eigenvalue weighted by molar-refractivity contribution is 5.92. The minimum Gasteiger partial charge on any atom is -0.472 e. The van der Waals surface area contributed by atoms with E-state index in [0.29, 0.717) is 18.9 Å². The Bertz CT molecular complexity index is 661. The molecule has 0 radical (unpaired) electrons. The molecule has 0 bridgehead atoms. The van der Waals surface area contributed by atoms with E-state index in [1.165, 1.54) is 5.56 Å². The van der Waals surface area contributed by atoms with Gasteiger partial charge in [0.1, 0.15) is 6.61 Å². The number of hydrogen-bond donors (Lipinski definition) is 1. The van der Waals surface area contributed by atoms with Crippen molar-refractivity contribution in [3.8, 4) is 0 Å². The van der Waals surface area contributed by atoms with Crippen LogP contribution in [0.2, 0.25) is 0 Å². The zero-order valence-electron chi connectivity index (χ0n) is 14.5. The molecule has 4 heteroatoms. The third kappa shape index (κ3) is 2.12. The standard InChI is InChI=1S/C20H26O4/c1-13-16(21)10-20-12-24-18(22)15(20)4-3-5-17(20)19(13,2)8-6-14-7-9-23-11-14/h4,7,9,11,13,16-17,21H,3,5-6,8,10,12H2,1-2H3. The summed E-state index contributed by atoms with van der Waals surface area (Å²) >= 11 is 0. The molecular weight excluding hydrogens is 304 g/mol. The molecule has 5 atom stereocenters. The van der Waals surface area contributed by atoms with Gasteiger partial charge in [0.05, 0.1) is 18.6 Å². The quantitative estimate of drug-likeness (QED) is 0.862. The van der Waals surface area contributed by atoms with Gasteiger partial charge in [-0.25, -0.2) is 4.79 Å². The Morgan fingerprint density at radius 1 is 1.42 bits per heavy atom. The first-order valence-electron chi connectivity index (χ1n) is 9.04. The zero-order chi connectivity index (χ0) is 16.9. The Kier molecular flexibility index (Phi) is 3.64. The largest absolute Gasteiger partial charge is 0.472 e. The third-order valence-electron chi connectivity index (χ3n) is 7.21. The van der Waals surface area contributed by atoms with E-state index < -0.39 is 6.10 Å². The van der Waals surface area contributed by atoms with Crippen LogP contribution >= 0.6 is 0 Å². The molecule has 1 aromatic heterocycles. The average Bonchev–Trinajstić information content (AvgIpc) is 3.19. The summed E-state index contributed by atoms with van der Waals surface area (Å²) < 4.78 is 10.7. The molecule has 1 aliphatic heterocycles. The van der Waals surface area contributed by atoms with Crippen molar-refractivity contribution in [2.24, 2.45) is 22.7 Å².